The van der Waals surface area contributed by atoms with Crippen molar-refractivity contribution in [2.45, 2.75) is 4.90 Å². The summed E-state index contributed by atoms with van der Waals surface area (Å²) in [6.07, 6.45) is 4.40. The zero-order chi connectivity index (χ0) is 18.0. The fraction of sp³-hybridized carbons (Fsp3) is 0.0625. The third kappa shape index (κ3) is 3.50. The van der Waals surface area contributed by atoms with Gasteiger partial charge < -0.3 is 5.73 Å². The lowest BCUT2D eigenvalue weighted by atomic mass is 10.1. The van der Waals surface area contributed by atoms with E-state index >= 15 is 0 Å². The normalized spacial score (nSPS) is 11.9. The highest BCUT2D eigenvalue weighted by molar-refractivity contribution is 7.90. The van der Waals surface area contributed by atoms with Crippen LogP contribution in [0.1, 0.15) is 5.69 Å². The number of hydrogen-bond donors (Lipinski definition) is 2. The fourth-order valence-corrected chi connectivity index (χ4v) is 3.00. The molecule has 9 heteroatoms. The Morgan fingerprint density at radius 1 is 1.24 bits per heavy atom. The minimum atomic E-state index is -3.27. The summed E-state index contributed by atoms with van der Waals surface area (Å²) >= 11 is 0. The Morgan fingerprint density at radius 3 is 2.60 bits per heavy atom. The number of amides is 2. The van der Waals surface area contributed by atoms with E-state index in [2.05, 4.69) is 15.5 Å². The highest BCUT2D eigenvalue weighted by atomic mass is 32.2. The molecule has 0 aliphatic carbocycles. The van der Waals surface area contributed by atoms with Gasteiger partial charge in [0.05, 0.1) is 22.5 Å². The van der Waals surface area contributed by atoms with E-state index in [4.69, 9.17) is 5.73 Å². The molecule has 0 spiro atoms. The molecule has 3 rings (SSSR count). The second kappa shape index (κ2) is 6.36. The first-order chi connectivity index (χ1) is 11.9. The molecule has 0 radical (unpaired) electrons. The van der Waals surface area contributed by atoms with Crippen molar-refractivity contribution in [3.63, 3.8) is 0 Å². The van der Waals surface area contributed by atoms with Gasteiger partial charge in [0.25, 0.3) is 0 Å². The SMILES string of the molecule is CS(=O)(=O)c1ccc(-c2nc3ccccn3c2/C=N/NC(N)=O)cc1. The van der Waals surface area contributed by atoms with Crippen LogP contribution in [0.5, 0.6) is 0 Å². The molecule has 8 nitrogen and oxygen atoms in total. The quantitative estimate of drug-likeness (QED) is 0.542. The smallest absolute Gasteiger partial charge is 0.332 e. The van der Waals surface area contributed by atoms with Gasteiger partial charge >= 0.3 is 6.03 Å². The number of benzene rings is 1. The zero-order valence-electron chi connectivity index (χ0n) is 13.2. The second-order valence-electron chi connectivity index (χ2n) is 5.31. The van der Waals surface area contributed by atoms with Crippen LogP contribution in [0.4, 0.5) is 4.79 Å². The molecule has 0 aliphatic heterocycles. The zero-order valence-corrected chi connectivity index (χ0v) is 14.1. The van der Waals surface area contributed by atoms with Gasteiger partial charge in [-0.15, -0.1) is 0 Å². The first kappa shape index (κ1) is 16.7. The number of urea groups is 1. The minimum absolute atomic E-state index is 0.227. The number of hydrazone groups is 1. The van der Waals surface area contributed by atoms with Gasteiger partial charge in [-0.1, -0.05) is 18.2 Å². The molecule has 2 aromatic heterocycles. The second-order valence-corrected chi connectivity index (χ2v) is 7.32. The van der Waals surface area contributed by atoms with Gasteiger partial charge in [-0.25, -0.2) is 23.6 Å². The van der Waals surface area contributed by atoms with Gasteiger partial charge in [0.15, 0.2) is 9.84 Å². The van der Waals surface area contributed by atoms with Gasteiger partial charge in [0, 0.05) is 18.0 Å². The standard InChI is InChI=1S/C16H15N5O3S/c1-25(23,24)12-7-5-11(6-8-12)15-13(10-18-20-16(17)22)21-9-3-2-4-14(21)19-15/h2-10H,1H3,(H3,17,20,22)/b18-10+. The average molecular weight is 357 g/mol. The number of nitrogens with zero attached hydrogens (tertiary/aromatic N) is 3. The molecule has 0 saturated heterocycles. The van der Waals surface area contributed by atoms with Crippen LogP contribution < -0.4 is 11.2 Å². The lowest BCUT2D eigenvalue weighted by Crippen LogP contribution is -2.24. The molecule has 3 aromatic rings. The lowest BCUT2D eigenvalue weighted by molar-refractivity contribution is 0.249. The van der Waals surface area contributed by atoms with E-state index < -0.39 is 15.9 Å². The van der Waals surface area contributed by atoms with Gasteiger partial charge in [0.2, 0.25) is 0 Å². The molecule has 2 heterocycles. The van der Waals surface area contributed by atoms with Crippen molar-refractivity contribution in [3.05, 3.63) is 54.4 Å². The topological polar surface area (TPSA) is 119 Å². The van der Waals surface area contributed by atoms with Crippen molar-refractivity contribution in [2.24, 2.45) is 10.8 Å². The minimum Gasteiger partial charge on any atom is -0.350 e. The Hall–Kier alpha value is -3.20. The van der Waals surface area contributed by atoms with Crippen LogP contribution >= 0.6 is 0 Å². The molecule has 3 N–H and O–H groups in total. The Kier molecular flexibility index (Phi) is 4.24. The monoisotopic (exact) mass is 357 g/mol. The Bertz CT molecular complexity index is 1070. The van der Waals surface area contributed by atoms with Gasteiger partial charge in [-0.05, 0) is 24.3 Å². The molecular weight excluding hydrogens is 342 g/mol. The number of primary amides is 1. The Labute approximate surface area is 143 Å². The van der Waals surface area contributed by atoms with Crippen LogP contribution in [0.2, 0.25) is 0 Å². The maximum absolute atomic E-state index is 11.6. The van der Waals surface area contributed by atoms with Crippen molar-refractivity contribution < 1.29 is 13.2 Å². The summed E-state index contributed by atoms with van der Waals surface area (Å²) in [6, 6.07) is 11.1. The van der Waals surface area contributed by atoms with Crippen molar-refractivity contribution >= 4 is 27.7 Å². The van der Waals surface area contributed by atoms with Gasteiger partial charge in [0.1, 0.15) is 5.65 Å². The third-order valence-corrected chi connectivity index (χ3v) is 4.61. The van der Waals surface area contributed by atoms with Crippen LogP contribution in [0.15, 0.2) is 58.7 Å². The van der Waals surface area contributed by atoms with E-state index in [1.165, 1.54) is 18.3 Å². The van der Waals surface area contributed by atoms with Crippen LogP contribution in [0.25, 0.3) is 16.9 Å². The third-order valence-electron chi connectivity index (χ3n) is 3.48. The highest BCUT2D eigenvalue weighted by Crippen LogP contribution is 2.24. The number of sulfone groups is 1. The molecular formula is C16H15N5O3S. The summed E-state index contributed by atoms with van der Waals surface area (Å²) in [7, 11) is -3.27. The number of pyridine rings is 1. The maximum atomic E-state index is 11.6. The summed E-state index contributed by atoms with van der Waals surface area (Å²) in [6.45, 7) is 0. The molecule has 0 bridgehead atoms. The number of nitrogens with one attached hydrogen (secondary N) is 1. The number of carbonyl (C=O) groups is 1. The number of nitrogens with two attached hydrogens (primary N) is 1. The number of fused-ring (bicyclic) bond motifs is 1. The van der Waals surface area contributed by atoms with E-state index in [0.717, 1.165) is 11.8 Å². The summed E-state index contributed by atoms with van der Waals surface area (Å²) in [5.74, 6) is 0. The lowest BCUT2D eigenvalue weighted by Gasteiger charge is -2.02. The van der Waals surface area contributed by atoms with Crippen molar-refractivity contribution in [2.75, 3.05) is 6.26 Å². The summed E-state index contributed by atoms with van der Waals surface area (Å²) in [5.41, 5.74) is 9.78. The van der Waals surface area contributed by atoms with Crippen LogP contribution in [-0.4, -0.2) is 36.3 Å². The first-order valence-electron chi connectivity index (χ1n) is 7.22. The van der Waals surface area contributed by atoms with Crippen molar-refractivity contribution in [1.82, 2.24) is 14.8 Å². The summed E-state index contributed by atoms with van der Waals surface area (Å²) in [4.78, 5) is 15.6. The maximum Gasteiger partial charge on any atom is 0.332 e. The van der Waals surface area contributed by atoms with Crippen molar-refractivity contribution in [1.29, 1.82) is 0 Å². The number of hydrogen-bond acceptors (Lipinski definition) is 5. The molecule has 0 saturated carbocycles. The number of carbonyl (C=O) groups excluding carboxylic acids is 1. The molecule has 0 fully saturated rings. The number of aromatic nitrogens is 2. The van der Waals surface area contributed by atoms with Crippen LogP contribution in [0, 0.1) is 0 Å². The molecule has 25 heavy (non-hydrogen) atoms. The predicted molar refractivity (Wildman–Crippen MR) is 94.1 cm³/mol. The predicted octanol–water partition coefficient (Wildman–Crippen LogP) is 1.41. The van der Waals surface area contributed by atoms with Gasteiger partial charge in [-0.2, -0.15) is 5.10 Å². The van der Waals surface area contributed by atoms with E-state index in [1.807, 2.05) is 24.4 Å². The van der Waals surface area contributed by atoms with Crippen molar-refractivity contribution in [3.8, 4) is 11.3 Å². The molecule has 0 aliphatic rings. The Morgan fingerprint density at radius 2 is 1.96 bits per heavy atom. The average Bonchev–Trinajstić information content (AvgIpc) is 2.93. The van der Waals surface area contributed by atoms with E-state index in [-0.39, 0.29) is 4.90 Å². The Balaban J connectivity index is 2.12. The molecule has 0 unspecified atom stereocenters. The summed E-state index contributed by atoms with van der Waals surface area (Å²) in [5, 5.41) is 3.80. The van der Waals surface area contributed by atoms with E-state index in [0.29, 0.717) is 17.0 Å². The largest absolute Gasteiger partial charge is 0.350 e. The fourth-order valence-electron chi connectivity index (χ4n) is 2.37. The first-order valence-corrected chi connectivity index (χ1v) is 9.11. The molecule has 0 atom stereocenters. The number of rotatable bonds is 4. The van der Waals surface area contributed by atoms with E-state index in [9.17, 15) is 13.2 Å². The van der Waals surface area contributed by atoms with E-state index in [1.54, 1.807) is 16.5 Å². The van der Waals surface area contributed by atoms with Gasteiger partial charge in [-0.3, -0.25) is 4.40 Å². The highest BCUT2D eigenvalue weighted by Gasteiger charge is 2.14. The van der Waals surface area contributed by atoms with Crippen LogP contribution in [0.3, 0.4) is 0 Å². The molecule has 1 aromatic carbocycles. The van der Waals surface area contributed by atoms with Crippen LogP contribution in [-0.2, 0) is 9.84 Å². The summed E-state index contributed by atoms with van der Waals surface area (Å²) < 4.78 is 25.0. The number of imidazole rings is 1. The molecule has 2 amide bonds. The molecule has 128 valence electrons.